The van der Waals surface area contributed by atoms with Gasteiger partial charge in [0.1, 0.15) is 40.4 Å². The zero-order chi connectivity index (χ0) is 31.1. The van der Waals surface area contributed by atoms with Gasteiger partial charge in [-0.3, -0.25) is 5.32 Å². The number of carbonyl (C=O) groups excluding carboxylic acids is 1. The Bertz CT molecular complexity index is 1920. The minimum absolute atomic E-state index is 0.00933. The van der Waals surface area contributed by atoms with Crippen molar-refractivity contribution in [2.45, 2.75) is 62.6 Å². The van der Waals surface area contributed by atoms with E-state index in [0.29, 0.717) is 23.0 Å². The molecule has 5 heterocycles. The molecule has 0 spiro atoms. The van der Waals surface area contributed by atoms with Gasteiger partial charge >= 0.3 is 6.09 Å². The summed E-state index contributed by atoms with van der Waals surface area (Å²) in [7, 11) is 0. The summed E-state index contributed by atoms with van der Waals surface area (Å²) in [5, 5.41) is 13.6. The molecule has 0 saturated carbocycles. The standard InChI is InChI=1S/C30H26ClF2N5O4S2/c1-30(2,3)42-29(39)37-27-14(10-34)18-13(5-6-15(32)25(18)44-27)19-21(31)24-20-23(22(19)33)35-28(43-4)36-26(20)38-12(11-41-24)9-17-16(38)7-8-40-17/h5-6,12,16-17H,7-9,11H2,1-4H3,(H,37,39)/t12-,16-,17-/m0/s1. The Kier molecular flexibility index (Phi) is 7.04. The van der Waals surface area contributed by atoms with Crippen molar-refractivity contribution in [1.29, 1.82) is 5.26 Å². The molecule has 2 aromatic heterocycles. The molecule has 3 atom stereocenters. The molecule has 0 bridgehead atoms. The number of rotatable bonds is 3. The second kappa shape index (κ2) is 10.6. The van der Waals surface area contributed by atoms with Gasteiger partial charge in [-0.15, -0.1) is 11.3 Å². The maximum Gasteiger partial charge on any atom is 0.412 e. The molecule has 44 heavy (non-hydrogen) atoms. The molecule has 0 radical (unpaired) electrons. The predicted molar refractivity (Wildman–Crippen MR) is 166 cm³/mol. The van der Waals surface area contributed by atoms with Crippen LogP contribution in [0.2, 0.25) is 5.02 Å². The van der Waals surface area contributed by atoms with Gasteiger partial charge in [-0.2, -0.15) is 5.26 Å². The van der Waals surface area contributed by atoms with E-state index >= 15 is 8.78 Å². The quantitative estimate of drug-likeness (QED) is 0.177. The lowest BCUT2D eigenvalue weighted by Crippen LogP contribution is -2.39. The summed E-state index contributed by atoms with van der Waals surface area (Å²) in [6.07, 6.45) is 2.58. The normalized spacial score (nSPS) is 20.7. The summed E-state index contributed by atoms with van der Waals surface area (Å²) in [5.74, 6) is -0.622. The van der Waals surface area contributed by atoms with Crippen LogP contribution in [0.3, 0.4) is 0 Å². The number of amides is 1. The molecule has 1 N–H and O–H groups in total. The van der Waals surface area contributed by atoms with E-state index in [0.717, 1.165) is 24.2 Å². The first-order valence-corrected chi connectivity index (χ1v) is 16.4. The average molecular weight is 658 g/mol. The van der Waals surface area contributed by atoms with E-state index in [-0.39, 0.29) is 72.9 Å². The van der Waals surface area contributed by atoms with Crippen molar-refractivity contribution in [2.75, 3.05) is 29.7 Å². The zero-order valence-corrected chi connectivity index (χ0v) is 26.5. The number of thiophene rings is 1. The van der Waals surface area contributed by atoms with Crippen LogP contribution in [-0.2, 0) is 9.47 Å². The van der Waals surface area contributed by atoms with E-state index in [1.807, 2.05) is 6.26 Å². The maximum absolute atomic E-state index is 16.9. The summed E-state index contributed by atoms with van der Waals surface area (Å²) >= 11 is 9.15. The van der Waals surface area contributed by atoms with E-state index in [4.69, 9.17) is 30.8 Å². The lowest BCUT2D eigenvalue weighted by molar-refractivity contribution is 0.0636. The smallest absolute Gasteiger partial charge is 0.412 e. The first kappa shape index (κ1) is 29.3. The Morgan fingerprint density at radius 1 is 1.30 bits per heavy atom. The van der Waals surface area contributed by atoms with Gasteiger partial charge in [-0.05, 0) is 51.5 Å². The van der Waals surface area contributed by atoms with Gasteiger partial charge in [0.05, 0.1) is 38.9 Å². The third-order valence-electron chi connectivity index (χ3n) is 8.01. The molecule has 0 aliphatic carbocycles. The number of ether oxygens (including phenoxy) is 3. The highest BCUT2D eigenvalue weighted by atomic mass is 35.5. The van der Waals surface area contributed by atoms with Crippen molar-refractivity contribution in [3.8, 4) is 22.9 Å². The van der Waals surface area contributed by atoms with Gasteiger partial charge in [0, 0.05) is 17.6 Å². The van der Waals surface area contributed by atoms with Gasteiger partial charge in [0.2, 0.25) is 0 Å². The molecule has 2 fully saturated rings. The van der Waals surface area contributed by atoms with Crippen LogP contribution in [0, 0.1) is 23.0 Å². The predicted octanol–water partition coefficient (Wildman–Crippen LogP) is 7.51. The Morgan fingerprint density at radius 2 is 2.09 bits per heavy atom. The molecule has 4 aromatic rings. The average Bonchev–Trinajstić information content (AvgIpc) is 3.63. The van der Waals surface area contributed by atoms with Crippen LogP contribution in [0.4, 0.5) is 24.4 Å². The van der Waals surface area contributed by atoms with Gasteiger partial charge < -0.3 is 19.1 Å². The summed E-state index contributed by atoms with van der Waals surface area (Å²) in [4.78, 5) is 24.1. The molecule has 2 saturated heterocycles. The second-order valence-corrected chi connectivity index (χ2v) is 14.0. The van der Waals surface area contributed by atoms with Gasteiger partial charge in [-0.1, -0.05) is 29.4 Å². The van der Waals surface area contributed by atoms with Crippen LogP contribution in [0.25, 0.3) is 32.1 Å². The Hall–Kier alpha value is -3.44. The molecule has 7 rings (SSSR count). The summed E-state index contributed by atoms with van der Waals surface area (Å²) in [5.41, 5.74) is -0.763. The number of aromatic nitrogens is 2. The molecule has 2 aromatic carbocycles. The highest BCUT2D eigenvalue weighted by Crippen LogP contribution is 2.53. The molecule has 9 nitrogen and oxygen atoms in total. The number of anilines is 2. The molecule has 0 unspecified atom stereocenters. The molecule has 3 aliphatic rings. The first-order valence-electron chi connectivity index (χ1n) is 14.0. The van der Waals surface area contributed by atoms with Crippen molar-refractivity contribution in [1.82, 2.24) is 9.97 Å². The van der Waals surface area contributed by atoms with E-state index in [9.17, 15) is 10.1 Å². The number of halogens is 3. The van der Waals surface area contributed by atoms with Gasteiger partial charge in [-0.25, -0.2) is 23.5 Å². The summed E-state index contributed by atoms with van der Waals surface area (Å²) in [6, 6.07) is 4.62. The highest BCUT2D eigenvalue weighted by molar-refractivity contribution is 7.98. The Morgan fingerprint density at radius 3 is 2.82 bits per heavy atom. The Labute approximate surface area is 264 Å². The van der Waals surface area contributed by atoms with Crippen LogP contribution < -0.4 is 15.0 Å². The fourth-order valence-corrected chi connectivity index (χ4v) is 8.11. The van der Waals surface area contributed by atoms with E-state index in [1.54, 1.807) is 20.8 Å². The summed E-state index contributed by atoms with van der Waals surface area (Å²) < 4.78 is 49.8. The lowest BCUT2D eigenvalue weighted by Gasteiger charge is -2.28. The van der Waals surface area contributed by atoms with Crippen LogP contribution in [0.1, 0.15) is 39.2 Å². The van der Waals surface area contributed by atoms with Crippen molar-refractivity contribution in [3.05, 3.63) is 34.4 Å². The first-order chi connectivity index (χ1) is 21.0. The monoisotopic (exact) mass is 657 g/mol. The molecule has 1 amide bonds. The van der Waals surface area contributed by atoms with Gasteiger partial charge in [0.25, 0.3) is 0 Å². The van der Waals surface area contributed by atoms with Crippen molar-refractivity contribution >= 4 is 72.6 Å². The number of hydrogen-bond acceptors (Lipinski definition) is 10. The minimum atomic E-state index is -0.809. The third-order valence-corrected chi connectivity index (χ3v) is 10.0. The van der Waals surface area contributed by atoms with Crippen LogP contribution >= 0.6 is 34.7 Å². The molecule has 228 valence electrons. The molecular formula is C30H26ClF2N5O4S2. The fraction of sp³-hybridized carbons (Fsp3) is 0.400. The summed E-state index contributed by atoms with van der Waals surface area (Å²) in [6.45, 7) is 6.00. The van der Waals surface area contributed by atoms with E-state index in [2.05, 4.69) is 21.3 Å². The largest absolute Gasteiger partial charge is 0.489 e. The number of benzene rings is 2. The van der Waals surface area contributed by atoms with Gasteiger partial charge in [0.15, 0.2) is 16.7 Å². The number of nitriles is 1. The van der Waals surface area contributed by atoms with E-state index in [1.165, 1.54) is 23.9 Å². The third kappa shape index (κ3) is 4.53. The fourth-order valence-electron chi connectivity index (χ4n) is 6.35. The maximum atomic E-state index is 16.9. The minimum Gasteiger partial charge on any atom is -0.489 e. The van der Waals surface area contributed by atoms with Crippen LogP contribution in [0.5, 0.6) is 5.75 Å². The van der Waals surface area contributed by atoms with Crippen molar-refractivity contribution < 1.29 is 27.8 Å². The number of hydrogen-bond donors (Lipinski definition) is 1. The molecule has 3 aliphatic heterocycles. The van der Waals surface area contributed by atoms with Crippen molar-refractivity contribution in [2.24, 2.45) is 0 Å². The number of nitrogens with one attached hydrogen (secondary N) is 1. The second-order valence-electron chi connectivity index (χ2n) is 11.8. The number of nitrogens with zero attached hydrogens (tertiary/aromatic N) is 4. The highest BCUT2D eigenvalue weighted by Gasteiger charge is 2.48. The van der Waals surface area contributed by atoms with E-state index < -0.39 is 23.3 Å². The lowest BCUT2D eigenvalue weighted by atomic mass is 9.96. The number of carbonyl (C=O) groups is 1. The van der Waals surface area contributed by atoms with Crippen LogP contribution in [0.15, 0.2) is 17.3 Å². The number of fused-ring (bicyclic) bond motifs is 5. The zero-order valence-electron chi connectivity index (χ0n) is 24.1. The molecule has 14 heteroatoms. The topological polar surface area (TPSA) is 110 Å². The Balaban J connectivity index is 1.47. The van der Waals surface area contributed by atoms with Crippen molar-refractivity contribution in [3.63, 3.8) is 0 Å². The van der Waals surface area contributed by atoms with Crippen LogP contribution in [-0.4, -0.2) is 59.3 Å². The SMILES string of the molecule is CSc1nc2c3c(c(Cl)c(-c4ccc(F)c5sc(NC(=O)OC(C)(C)C)c(C#N)c45)c(F)c3n1)OC[C@@H]1C[C@@H]3OCC[C@@H]3N21. The number of thioether (sulfide) groups is 1. The molecular weight excluding hydrogens is 632 g/mol.